The number of carbonyl (C=O) groups is 2. The topological polar surface area (TPSA) is 58.6 Å². The molecule has 0 spiro atoms. The molecule has 0 aliphatic rings. The van der Waals surface area contributed by atoms with Gasteiger partial charge in [-0.05, 0) is 19.2 Å². The average molecular weight is 300 g/mol. The molecule has 0 saturated carbocycles. The molecule has 0 saturated heterocycles. The first-order valence-electron chi connectivity index (χ1n) is 6.34. The second-order valence-corrected chi connectivity index (χ2v) is 4.79. The second-order valence-electron chi connectivity index (χ2n) is 4.79. The van der Waals surface area contributed by atoms with Crippen molar-refractivity contribution in [2.45, 2.75) is 6.92 Å². The molecule has 1 unspecified atom stereocenters. The third-order valence-corrected chi connectivity index (χ3v) is 2.81. The molecule has 0 fully saturated rings. The number of benzene rings is 1. The lowest BCUT2D eigenvalue weighted by molar-refractivity contribution is -0.145. The van der Waals surface area contributed by atoms with E-state index in [-0.39, 0.29) is 24.1 Å². The Labute approximate surface area is 121 Å². The van der Waals surface area contributed by atoms with Crippen LogP contribution in [-0.2, 0) is 14.3 Å². The van der Waals surface area contributed by atoms with Crippen molar-refractivity contribution in [3.8, 4) is 0 Å². The molecule has 1 rings (SSSR count). The van der Waals surface area contributed by atoms with E-state index >= 15 is 0 Å². The molecule has 0 aliphatic heterocycles. The molecule has 0 aliphatic carbocycles. The number of rotatable bonds is 6. The summed E-state index contributed by atoms with van der Waals surface area (Å²) >= 11 is 0. The molecule has 1 aromatic carbocycles. The van der Waals surface area contributed by atoms with Crippen LogP contribution in [0, 0.1) is 17.6 Å². The number of hydrogen-bond donors (Lipinski definition) is 1. The van der Waals surface area contributed by atoms with Crippen molar-refractivity contribution in [2.24, 2.45) is 5.92 Å². The molecule has 0 heterocycles. The average Bonchev–Trinajstić information content (AvgIpc) is 2.40. The number of likely N-dealkylation sites (N-methyl/N-ethyl adjacent to an activating group) is 1. The molecule has 21 heavy (non-hydrogen) atoms. The zero-order valence-corrected chi connectivity index (χ0v) is 12.2. The summed E-state index contributed by atoms with van der Waals surface area (Å²) in [6.07, 6.45) is 0. The van der Waals surface area contributed by atoms with Gasteiger partial charge in [0.1, 0.15) is 11.6 Å². The van der Waals surface area contributed by atoms with Crippen LogP contribution < -0.4 is 5.32 Å². The minimum atomic E-state index is -0.839. The summed E-state index contributed by atoms with van der Waals surface area (Å²) < 4.78 is 30.7. The highest BCUT2D eigenvalue weighted by Gasteiger charge is 2.17. The maximum atomic E-state index is 13.4. The van der Waals surface area contributed by atoms with Gasteiger partial charge >= 0.3 is 5.97 Å². The van der Waals surface area contributed by atoms with E-state index in [1.54, 1.807) is 18.9 Å². The largest absolute Gasteiger partial charge is 0.469 e. The number of anilines is 1. The Hall–Kier alpha value is -2.02. The zero-order valence-electron chi connectivity index (χ0n) is 12.2. The predicted octanol–water partition coefficient (Wildman–Crippen LogP) is 1.64. The lowest BCUT2D eigenvalue weighted by atomic mass is 10.2. The normalized spacial score (nSPS) is 12.1. The maximum Gasteiger partial charge on any atom is 0.309 e. The van der Waals surface area contributed by atoms with Gasteiger partial charge in [0.25, 0.3) is 0 Å². The smallest absolute Gasteiger partial charge is 0.309 e. The van der Waals surface area contributed by atoms with Crippen LogP contribution in [0.25, 0.3) is 0 Å². The van der Waals surface area contributed by atoms with Crippen LogP contribution in [0.4, 0.5) is 14.5 Å². The molecule has 1 N–H and O–H groups in total. The molecule has 1 aromatic rings. The Morgan fingerprint density at radius 1 is 1.38 bits per heavy atom. The number of amides is 1. The summed E-state index contributed by atoms with van der Waals surface area (Å²) in [4.78, 5) is 24.6. The monoisotopic (exact) mass is 300 g/mol. The van der Waals surface area contributed by atoms with E-state index in [1.165, 1.54) is 7.11 Å². The highest BCUT2D eigenvalue weighted by Crippen LogP contribution is 2.14. The summed E-state index contributed by atoms with van der Waals surface area (Å²) in [5.41, 5.74) is -0.0872. The highest BCUT2D eigenvalue weighted by atomic mass is 19.1. The quantitative estimate of drug-likeness (QED) is 0.812. The summed E-state index contributed by atoms with van der Waals surface area (Å²) in [5, 5.41) is 2.35. The summed E-state index contributed by atoms with van der Waals surface area (Å²) in [6.45, 7) is 1.98. The fourth-order valence-corrected chi connectivity index (χ4v) is 1.83. The number of carbonyl (C=O) groups excluding carboxylic acids is 2. The first-order chi connectivity index (χ1) is 9.83. The van der Waals surface area contributed by atoms with Crippen molar-refractivity contribution in [1.29, 1.82) is 0 Å². The van der Waals surface area contributed by atoms with Crippen LogP contribution in [-0.4, -0.2) is 44.0 Å². The summed E-state index contributed by atoms with van der Waals surface area (Å²) in [7, 11) is 2.95. The lowest BCUT2D eigenvalue weighted by Gasteiger charge is -2.19. The minimum Gasteiger partial charge on any atom is -0.469 e. The van der Waals surface area contributed by atoms with Gasteiger partial charge in [-0.2, -0.15) is 0 Å². The van der Waals surface area contributed by atoms with Crippen LogP contribution in [0.1, 0.15) is 6.92 Å². The third kappa shape index (κ3) is 5.47. The van der Waals surface area contributed by atoms with E-state index in [1.807, 2.05) is 0 Å². The summed E-state index contributed by atoms with van der Waals surface area (Å²) in [6, 6.07) is 2.90. The fraction of sp³-hybridized carbons (Fsp3) is 0.429. The van der Waals surface area contributed by atoms with Gasteiger partial charge in [0, 0.05) is 12.6 Å². The Bertz CT molecular complexity index is 523. The molecule has 0 radical (unpaired) electrons. The van der Waals surface area contributed by atoms with Gasteiger partial charge in [0.05, 0.1) is 25.3 Å². The first-order valence-corrected chi connectivity index (χ1v) is 6.34. The molecule has 0 aromatic heterocycles. The first kappa shape index (κ1) is 17.0. The van der Waals surface area contributed by atoms with Crippen molar-refractivity contribution in [3.05, 3.63) is 29.8 Å². The number of esters is 1. The van der Waals surface area contributed by atoms with E-state index in [0.29, 0.717) is 12.6 Å². The van der Waals surface area contributed by atoms with Gasteiger partial charge in [-0.3, -0.25) is 14.5 Å². The zero-order chi connectivity index (χ0) is 16.0. The lowest BCUT2D eigenvalue weighted by Crippen LogP contribution is -2.35. The molecule has 5 nitrogen and oxygen atoms in total. The molecule has 7 heteroatoms. The van der Waals surface area contributed by atoms with E-state index in [9.17, 15) is 18.4 Å². The molecular weight excluding hydrogens is 282 g/mol. The fourth-order valence-electron chi connectivity index (χ4n) is 1.83. The van der Waals surface area contributed by atoms with E-state index in [0.717, 1.165) is 12.1 Å². The van der Waals surface area contributed by atoms with Crippen LogP contribution in [0.5, 0.6) is 0 Å². The van der Waals surface area contributed by atoms with Gasteiger partial charge in [-0.1, -0.05) is 6.92 Å². The number of methoxy groups -OCH3 is 1. The number of ether oxygens (including phenoxy) is 1. The van der Waals surface area contributed by atoms with Crippen molar-refractivity contribution in [1.82, 2.24) is 4.90 Å². The van der Waals surface area contributed by atoms with Gasteiger partial charge in [-0.25, -0.2) is 8.78 Å². The SMILES string of the molecule is COC(=O)C(C)CN(C)CC(=O)Nc1ccc(F)cc1F. The maximum absolute atomic E-state index is 13.4. The van der Waals surface area contributed by atoms with Gasteiger partial charge < -0.3 is 10.1 Å². The Morgan fingerprint density at radius 3 is 2.62 bits per heavy atom. The van der Waals surface area contributed by atoms with Crippen molar-refractivity contribution >= 4 is 17.6 Å². The number of halogens is 2. The van der Waals surface area contributed by atoms with E-state index < -0.39 is 17.5 Å². The van der Waals surface area contributed by atoms with Crippen molar-refractivity contribution in [3.63, 3.8) is 0 Å². The standard InChI is InChI=1S/C14H18F2N2O3/c1-9(14(20)21-3)7-18(2)8-13(19)17-12-5-4-10(15)6-11(12)16/h4-6,9H,7-8H2,1-3H3,(H,17,19). The molecule has 116 valence electrons. The number of nitrogens with zero attached hydrogens (tertiary/aromatic N) is 1. The van der Waals surface area contributed by atoms with Crippen LogP contribution >= 0.6 is 0 Å². The Kier molecular flexibility index (Phi) is 6.23. The van der Waals surface area contributed by atoms with Crippen molar-refractivity contribution < 1.29 is 23.1 Å². The van der Waals surface area contributed by atoms with E-state index in [2.05, 4.69) is 10.1 Å². The molecule has 0 bridgehead atoms. The Balaban J connectivity index is 2.51. The number of hydrogen-bond acceptors (Lipinski definition) is 4. The number of nitrogens with one attached hydrogen (secondary N) is 1. The van der Waals surface area contributed by atoms with Gasteiger partial charge in [0.15, 0.2) is 0 Å². The third-order valence-electron chi connectivity index (χ3n) is 2.81. The van der Waals surface area contributed by atoms with Crippen LogP contribution in [0.15, 0.2) is 18.2 Å². The minimum absolute atomic E-state index is 0.0296. The van der Waals surface area contributed by atoms with Crippen molar-refractivity contribution in [2.75, 3.05) is 32.6 Å². The van der Waals surface area contributed by atoms with Crippen LogP contribution in [0.2, 0.25) is 0 Å². The molecule has 1 amide bonds. The van der Waals surface area contributed by atoms with Gasteiger partial charge in [-0.15, -0.1) is 0 Å². The molecule has 1 atom stereocenters. The highest BCUT2D eigenvalue weighted by molar-refractivity contribution is 5.92. The predicted molar refractivity (Wildman–Crippen MR) is 73.7 cm³/mol. The van der Waals surface area contributed by atoms with Gasteiger partial charge in [0.2, 0.25) is 5.91 Å². The van der Waals surface area contributed by atoms with E-state index in [4.69, 9.17) is 0 Å². The van der Waals surface area contributed by atoms with Crippen LogP contribution in [0.3, 0.4) is 0 Å². The Morgan fingerprint density at radius 2 is 2.05 bits per heavy atom. The second kappa shape index (κ2) is 7.68. The summed E-state index contributed by atoms with van der Waals surface area (Å²) in [5.74, 6) is -2.76. The molecular formula is C14H18F2N2O3.